The lowest BCUT2D eigenvalue weighted by atomic mass is 10.3. The van der Waals surface area contributed by atoms with Gasteiger partial charge in [-0.15, -0.1) is 0 Å². The van der Waals surface area contributed by atoms with Crippen LogP contribution in [0, 0.1) is 5.39 Å². The van der Waals surface area contributed by atoms with E-state index in [1.807, 2.05) is 18.2 Å². The van der Waals surface area contributed by atoms with Crippen LogP contribution in [0.1, 0.15) is 0 Å². The molecule has 0 aliphatic rings. The minimum absolute atomic E-state index is 0.590. The Kier molecular flexibility index (Phi) is 4.81. The highest BCUT2D eigenvalue weighted by molar-refractivity contribution is 5.70. The number of carboxylic acid groups (broad SMARTS) is 1. The van der Waals surface area contributed by atoms with E-state index in [0.717, 1.165) is 0 Å². The number of benzene rings is 1. The van der Waals surface area contributed by atoms with Gasteiger partial charge >= 0.3 is 11.9 Å². The molecule has 1 rings (SSSR count). The highest BCUT2D eigenvalue weighted by Crippen LogP contribution is 2.11. The SMILES string of the molecule is N#[N+]c1ccccc1.O=C([O-])C(F)(F)F. The predicted octanol–water partition coefficient (Wildman–Crippen LogP) is 1.47. The van der Waals surface area contributed by atoms with Gasteiger partial charge in [0.15, 0.2) is 4.98 Å². The number of hydrogen-bond donors (Lipinski definition) is 0. The molecule has 0 aliphatic heterocycles. The molecule has 4 nitrogen and oxygen atoms in total. The van der Waals surface area contributed by atoms with Crippen molar-refractivity contribution in [3.8, 4) is 0 Å². The average molecular weight is 218 g/mol. The van der Waals surface area contributed by atoms with Crippen molar-refractivity contribution in [2.75, 3.05) is 0 Å². The van der Waals surface area contributed by atoms with Crippen LogP contribution in [-0.2, 0) is 4.79 Å². The van der Waals surface area contributed by atoms with E-state index in [0.29, 0.717) is 5.69 Å². The van der Waals surface area contributed by atoms with E-state index in [9.17, 15) is 13.2 Å². The lowest BCUT2D eigenvalue weighted by molar-refractivity contribution is -0.344. The summed E-state index contributed by atoms with van der Waals surface area (Å²) in [4.78, 5) is 11.8. The number of carbonyl (C=O) groups is 1. The summed E-state index contributed by atoms with van der Waals surface area (Å²) in [5.41, 5.74) is 0.590. The topological polar surface area (TPSA) is 68.3 Å². The van der Waals surface area contributed by atoms with Crippen LogP contribution in [0.25, 0.3) is 4.98 Å². The average Bonchev–Trinajstić information content (AvgIpc) is 2.18. The molecule has 7 heteroatoms. The first-order chi connectivity index (χ1) is 6.88. The lowest BCUT2D eigenvalue weighted by Crippen LogP contribution is -2.37. The van der Waals surface area contributed by atoms with Crippen molar-refractivity contribution in [3.63, 3.8) is 0 Å². The van der Waals surface area contributed by atoms with Crippen molar-refractivity contribution in [1.29, 1.82) is 5.39 Å². The number of carbonyl (C=O) groups excluding carboxylic acids is 1. The highest BCUT2D eigenvalue weighted by atomic mass is 19.4. The number of aliphatic carboxylic acids is 1. The second-order valence-corrected chi connectivity index (χ2v) is 2.22. The zero-order valence-electron chi connectivity index (χ0n) is 7.23. The van der Waals surface area contributed by atoms with Crippen molar-refractivity contribution in [1.82, 2.24) is 0 Å². The van der Waals surface area contributed by atoms with Gasteiger partial charge in [0.05, 0.1) is 0 Å². The fraction of sp³-hybridized carbons (Fsp3) is 0.125. The fourth-order valence-electron chi connectivity index (χ4n) is 0.495. The zero-order chi connectivity index (χ0) is 11.9. The van der Waals surface area contributed by atoms with Crippen LogP contribution in [0.2, 0.25) is 0 Å². The van der Waals surface area contributed by atoms with E-state index in [1.165, 1.54) is 0 Å². The quantitative estimate of drug-likeness (QED) is 0.619. The summed E-state index contributed by atoms with van der Waals surface area (Å²) in [5, 5.41) is 16.9. The summed E-state index contributed by atoms with van der Waals surface area (Å²) in [6.07, 6.45) is -5.19. The molecule has 0 bridgehead atoms. The van der Waals surface area contributed by atoms with Crippen LogP contribution >= 0.6 is 0 Å². The Hall–Kier alpha value is -2.10. The van der Waals surface area contributed by atoms with Gasteiger partial charge in [0.25, 0.3) is 0 Å². The molecule has 1 aromatic carbocycles. The molecule has 0 spiro atoms. The van der Waals surface area contributed by atoms with E-state index in [2.05, 4.69) is 4.98 Å². The summed E-state index contributed by atoms with van der Waals surface area (Å²) >= 11 is 0. The molecule has 0 saturated heterocycles. The van der Waals surface area contributed by atoms with Gasteiger partial charge in [0, 0.05) is 12.1 Å². The summed E-state index contributed by atoms with van der Waals surface area (Å²) < 4.78 is 31.5. The lowest BCUT2D eigenvalue weighted by Gasteiger charge is -2.03. The minimum Gasteiger partial charge on any atom is -0.542 e. The van der Waals surface area contributed by atoms with Gasteiger partial charge in [-0.1, -0.05) is 18.2 Å². The Morgan fingerprint density at radius 3 is 1.87 bits per heavy atom. The summed E-state index contributed by atoms with van der Waals surface area (Å²) in [7, 11) is 0. The van der Waals surface area contributed by atoms with Crippen molar-refractivity contribution < 1.29 is 23.1 Å². The van der Waals surface area contributed by atoms with E-state index >= 15 is 0 Å². The molecule has 0 fully saturated rings. The largest absolute Gasteiger partial charge is 0.542 e. The molecule has 0 unspecified atom stereocenters. The van der Waals surface area contributed by atoms with Crippen LogP contribution in [0.4, 0.5) is 18.9 Å². The van der Waals surface area contributed by atoms with Gasteiger partial charge in [-0.05, 0) is 0 Å². The number of alkyl halides is 3. The first-order valence-electron chi connectivity index (χ1n) is 3.56. The monoisotopic (exact) mass is 218 g/mol. The number of diazo groups is 1. The molecule has 1 aromatic rings. The van der Waals surface area contributed by atoms with E-state index < -0.39 is 12.1 Å². The van der Waals surface area contributed by atoms with Crippen LogP contribution in [-0.4, -0.2) is 12.1 Å². The minimum atomic E-state index is -5.19. The van der Waals surface area contributed by atoms with Crippen molar-refractivity contribution in [3.05, 3.63) is 35.3 Å². The van der Waals surface area contributed by atoms with E-state index in [-0.39, 0.29) is 0 Å². The maximum absolute atomic E-state index is 10.5. The predicted molar refractivity (Wildman–Crippen MR) is 42.2 cm³/mol. The summed E-state index contributed by atoms with van der Waals surface area (Å²) in [6, 6.07) is 8.94. The fourth-order valence-corrected chi connectivity index (χ4v) is 0.495. The molecule has 0 aliphatic carbocycles. The van der Waals surface area contributed by atoms with Crippen LogP contribution < -0.4 is 5.11 Å². The van der Waals surface area contributed by atoms with Crippen LogP contribution in [0.15, 0.2) is 30.3 Å². The Bertz CT molecular complexity index is 356. The van der Waals surface area contributed by atoms with Crippen molar-refractivity contribution in [2.45, 2.75) is 6.18 Å². The first-order valence-corrected chi connectivity index (χ1v) is 3.56. The molecule has 0 radical (unpaired) electrons. The molecular formula is C8H5F3N2O2. The molecule has 0 atom stereocenters. The van der Waals surface area contributed by atoms with E-state index in [4.69, 9.17) is 15.3 Å². The highest BCUT2D eigenvalue weighted by Gasteiger charge is 2.28. The number of rotatable bonds is 0. The number of hydrogen-bond acceptors (Lipinski definition) is 3. The normalized spacial score (nSPS) is 9.47. The van der Waals surface area contributed by atoms with Gasteiger partial charge in [-0.3, -0.25) is 0 Å². The second kappa shape index (κ2) is 5.59. The van der Waals surface area contributed by atoms with Gasteiger partial charge in [-0.25, -0.2) is 0 Å². The van der Waals surface area contributed by atoms with Crippen LogP contribution in [0.5, 0.6) is 0 Å². The Labute approximate surface area is 82.6 Å². The van der Waals surface area contributed by atoms with Gasteiger partial charge < -0.3 is 9.90 Å². The molecule has 0 saturated carbocycles. The smallest absolute Gasteiger partial charge is 0.430 e. The summed E-state index contributed by atoms with van der Waals surface area (Å²) in [5.74, 6) is -3.01. The van der Waals surface area contributed by atoms with Gasteiger partial charge in [0.1, 0.15) is 5.97 Å². The Morgan fingerprint density at radius 1 is 1.27 bits per heavy atom. The number of nitrogens with zero attached hydrogens (tertiary/aromatic N) is 2. The summed E-state index contributed by atoms with van der Waals surface area (Å²) in [6.45, 7) is 0. The van der Waals surface area contributed by atoms with Crippen LogP contribution in [0.3, 0.4) is 0 Å². The number of halogens is 3. The molecular weight excluding hydrogens is 213 g/mol. The van der Waals surface area contributed by atoms with Gasteiger partial charge in [0.2, 0.25) is 5.39 Å². The maximum Gasteiger partial charge on any atom is 0.430 e. The third-order valence-corrected chi connectivity index (χ3v) is 1.10. The molecule has 80 valence electrons. The molecule has 0 N–H and O–H groups in total. The molecule has 15 heavy (non-hydrogen) atoms. The molecule has 0 aromatic heterocycles. The van der Waals surface area contributed by atoms with Crippen molar-refractivity contribution >= 4 is 11.7 Å². The van der Waals surface area contributed by atoms with Gasteiger partial charge in [-0.2, -0.15) is 13.2 Å². The van der Waals surface area contributed by atoms with E-state index in [1.54, 1.807) is 12.1 Å². The maximum atomic E-state index is 10.5. The first kappa shape index (κ1) is 12.9. The standard InChI is InChI=1S/C6H5N2.C2HF3O2/c7-8-6-4-2-1-3-5-6;3-2(4,5)1(6)7/h1-5H;(H,6,7)/q+1;/p-1. The Balaban J connectivity index is 0.000000265. The van der Waals surface area contributed by atoms with Crippen molar-refractivity contribution in [2.24, 2.45) is 0 Å². The molecule has 0 amide bonds. The molecule has 0 heterocycles. The third kappa shape index (κ3) is 6.04. The number of carboxylic acids is 1. The third-order valence-electron chi connectivity index (χ3n) is 1.10. The second-order valence-electron chi connectivity index (χ2n) is 2.22. The zero-order valence-corrected chi connectivity index (χ0v) is 7.23. The Morgan fingerprint density at radius 2 is 1.67 bits per heavy atom.